The predicted molar refractivity (Wildman–Crippen MR) is 101 cm³/mol. The van der Waals surface area contributed by atoms with Crippen molar-refractivity contribution in [1.82, 2.24) is 20.4 Å². The highest BCUT2D eigenvalue weighted by molar-refractivity contribution is 6.07. The number of imide groups is 1. The predicted octanol–water partition coefficient (Wildman–Crippen LogP) is 1.68. The number of urea groups is 1. The molecule has 4 fully saturated rings. The largest absolute Gasteiger partial charge is 0.356 e. The number of nitrogens with zero attached hydrogens (tertiary/aromatic N) is 2. The standard InChI is InChI=1S/C20H32N4O3/c1-14-6-8-20(9-7-14)18(26)24(19(27)22-20)13-23-10-2-3-16(12-23)17(25)21-11-15-4-5-15/h14-16H,2-13H2,1H3,(H,21,25)(H,22,27). The van der Waals surface area contributed by atoms with Gasteiger partial charge < -0.3 is 10.6 Å². The lowest BCUT2D eigenvalue weighted by Crippen LogP contribution is -2.51. The van der Waals surface area contributed by atoms with Crippen molar-refractivity contribution < 1.29 is 14.4 Å². The quantitative estimate of drug-likeness (QED) is 0.716. The molecule has 1 unspecified atom stereocenters. The van der Waals surface area contributed by atoms with Crippen LogP contribution in [0.4, 0.5) is 4.79 Å². The van der Waals surface area contributed by atoms with Crippen molar-refractivity contribution in [2.24, 2.45) is 17.8 Å². The molecule has 1 spiro atoms. The van der Waals surface area contributed by atoms with Crippen LogP contribution < -0.4 is 10.6 Å². The molecule has 2 saturated heterocycles. The topological polar surface area (TPSA) is 81.8 Å². The number of rotatable bonds is 5. The van der Waals surface area contributed by atoms with Crippen LogP contribution in [0.2, 0.25) is 0 Å². The van der Waals surface area contributed by atoms with Gasteiger partial charge in [-0.15, -0.1) is 0 Å². The Labute approximate surface area is 161 Å². The van der Waals surface area contributed by atoms with Gasteiger partial charge in [0.25, 0.3) is 5.91 Å². The van der Waals surface area contributed by atoms with Crippen molar-refractivity contribution in [3.05, 3.63) is 0 Å². The Bertz CT molecular complexity index is 610. The van der Waals surface area contributed by atoms with Crippen molar-refractivity contribution >= 4 is 17.8 Å². The van der Waals surface area contributed by atoms with Crippen molar-refractivity contribution in [2.75, 3.05) is 26.3 Å². The molecule has 0 aromatic heterocycles. The Hall–Kier alpha value is -1.63. The van der Waals surface area contributed by atoms with Gasteiger partial charge in [0.05, 0.1) is 12.6 Å². The molecular formula is C20H32N4O3. The molecule has 7 nitrogen and oxygen atoms in total. The average molecular weight is 377 g/mol. The molecule has 2 N–H and O–H groups in total. The maximum absolute atomic E-state index is 13.0. The monoisotopic (exact) mass is 376 g/mol. The highest BCUT2D eigenvalue weighted by Gasteiger charge is 2.52. The third kappa shape index (κ3) is 3.98. The van der Waals surface area contributed by atoms with Gasteiger partial charge in [0.1, 0.15) is 5.54 Å². The summed E-state index contributed by atoms with van der Waals surface area (Å²) in [5.41, 5.74) is -0.680. The number of carbonyl (C=O) groups is 3. The minimum absolute atomic E-state index is 0.0391. The smallest absolute Gasteiger partial charge is 0.326 e. The van der Waals surface area contributed by atoms with Crippen molar-refractivity contribution in [3.63, 3.8) is 0 Å². The Morgan fingerprint density at radius 2 is 1.93 bits per heavy atom. The first-order chi connectivity index (χ1) is 13.0. The van der Waals surface area contributed by atoms with E-state index in [2.05, 4.69) is 22.5 Å². The van der Waals surface area contributed by atoms with E-state index in [-0.39, 0.29) is 23.8 Å². The number of hydrogen-bond donors (Lipinski definition) is 2. The fourth-order valence-electron chi connectivity index (χ4n) is 4.71. The summed E-state index contributed by atoms with van der Waals surface area (Å²) in [4.78, 5) is 41.4. The summed E-state index contributed by atoms with van der Waals surface area (Å²) in [6.45, 7) is 4.75. The van der Waals surface area contributed by atoms with Gasteiger partial charge in [0.2, 0.25) is 5.91 Å². The van der Waals surface area contributed by atoms with E-state index in [4.69, 9.17) is 0 Å². The van der Waals surface area contributed by atoms with Crippen LogP contribution in [0.1, 0.15) is 58.3 Å². The molecule has 0 bridgehead atoms. The fourth-order valence-corrected chi connectivity index (χ4v) is 4.71. The molecule has 150 valence electrons. The molecule has 2 heterocycles. The first-order valence-corrected chi connectivity index (χ1v) is 10.6. The SMILES string of the molecule is CC1CCC2(CC1)NC(=O)N(CN1CCCC(C(=O)NCC3CC3)C1)C2=O. The molecule has 1 atom stereocenters. The summed E-state index contributed by atoms with van der Waals surface area (Å²) in [7, 11) is 0. The van der Waals surface area contributed by atoms with Gasteiger partial charge in [0, 0.05) is 13.1 Å². The maximum Gasteiger partial charge on any atom is 0.326 e. The van der Waals surface area contributed by atoms with Crippen LogP contribution >= 0.6 is 0 Å². The van der Waals surface area contributed by atoms with E-state index in [9.17, 15) is 14.4 Å². The number of nitrogens with one attached hydrogen (secondary N) is 2. The van der Waals surface area contributed by atoms with Gasteiger partial charge >= 0.3 is 6.03 Å². The normalized spacial score (nSPS) is 34.8. The second-order valence-corrected chi connectivity index (χ2v) is 9.17. The second kappa shape index (κ2) is 7.41. The lowest BCUT2D eigenvalue weighted by atomic mass is 9.77. The molecule has 4 aliphatic rings. The highest BCUT2D eigenvalue weighted by atomic mass is 16.2. The minimum Gasteiger partial charge on any atom is -0.356 e. The molecule has 27 heavy (non-hydrogen) atoms. The van der Waals surface area contributed by atoms with Gasteiger partial charge in [-0.05, 0) is 69.7 Å². The fraction of sp³-hybridized carbons (Fsp3) is 0.850. The molecule has 0 aromatic carbocycles. The molecule has 4 rings (SSSR count). The summed E-state index contributed by atoms with van der Waals surface area (Å²) in [5, 5.41) is 6.06. The van der Waals surface area contributed by atoms with Gasteiger partial charge in [0.15, 0.2) is 0 Å². The summed E-state index contributed by atoms with van der Waals surface area (Å²) in [6.07, 6.45) is 7.69. The number of carbonyl (C=O) groups excluding carboxylic acids is 3. The Kier molecular flexibility index (Phi) is 5.14. The van der Waals surface area contributed by atoms with Crippen LogP contribution in [-0.2, 0) is 9.59 Å². The zero-order chi connectivity index (χ0) is 19.0. The van der Waals surface area contributed by atoms with E-state index >= 15 is 0 Å². The summed E-state index contributed by atoms with van der Waals surface area (Å²) in [6, 6.07) is -0.269. The Balaban J connectivity index is 1.33. The van der Waals surface area contributed by atoms with E-state index in [1.54, 1.807) is 0 Å². The lowest BCUT2D eigenvalue weighted by Gasteiger charge is -2.35. The van der Waals surface area contributed by atoms with Crippen molar-refractivity contribution in [1.29, 1.82) is 0 Å². The van der Waals surface area contributed by atoms with Crippen LogP contribution in [0.25, 0.3) is 0 Å². The van der Waals surface area contributed by atoms with Crippen LogP contribution in [-0.4, -0.2) is 59.5 Å². The molecule has 4 amide bonds. The first kappa shape index (κ1) is 18.7. The van der Waals surface area contributed by atoms with Crippen LogP contribution in [0.5, 0.6) is 0 Å². The van der Waals surface area contributed by atoms with Crippen LogP contribution in [0.15, 0.2) is 0 Å². The Morgan fingerprint density at radius 3 is 2.63 bits per heavy atom. The number of piperidine rings is 1. The van der Waals surface area contributed by atoms with E-state index < -0.39 is 5.54 Å². The van der Waals surface area contributed by atoms with Crippen LogP contribution in [0.3, 0.4) is 0 Å². The molecule has 2 aliphatic heterocycles. The maximum atomic E-state index is 13.0. The first-order valence-electron chi connectivity index (χ1n) is 10.6. The molecule has 0 aromatic rings. The molecular weight excluding hydrogens is 344 g/mol. The molecule has 2 saturated carbocycles. The zero-order valence-electron chi connectivity index (χ0n) is 16.3. The molecule has 0 radical (unpaired) electrons. The Morgan fingerprint density at radius 1 is 1.19 bits per heavy atom. The summed E-state index contributed by atoms with van der Waals surface area (Å²) in [5.74, 6) is 1.31. The van der Waals surface area contributed by atoms with Gasteiger partial charge in [-0.2, -0.15) is 0 Å². The van der Waals surface area contributed by atoms with E-state index in [0.29, 0.717) is 25.0 Å². The van der Waals surface area contributed by atoms with E-state index in [0.717, 1.165) is 51.6 Å². The van der Waals surface area contributed by atoms with Gasteiger partial charge in [-0.1, -0.05) is 6.92 Å². The van der Waals surface area contributed by atoms with Gasteiger partial charge in [-0.25, -0.2) is 9.69 Å². The molecule has 2 aliphatic carbocycles. The molecule has 7 heteroatoms. The summed E-state index contributed by atoms with van der Waals surface area (Å²) >= 11 is 0. The number of amides is 4. The van der Waals surface area contributed by atoms with E-state index in [1.807, 2.05) is 0 Å². The van der Waals surface area contributed by atoms with Crippen molar-refractivity contribution in [3.8, 4) is 0 Å². The third-order valence-corrected chi connectivity index (χ3v) is 6.85. The van der Waals surface area contributed by atoms with Gasteiger partial charge in [-0.3, -0.25) is 14.5 Å². The number of hydrogen-bond acceptors (Lipinski definition) is 4. The second-order valence-electron chi connectivity index (χ2n) is 9.17. The third-order valence-electron chi connectivity index (χ3n) is 6.85. The highest BCUT2D eigenvalue weighted by Crippen LogP contribution is 2.36. The zero-order valence-corrected chi connectivity index (χ0v) is 16.3. The van der Waals surface area contributed by atoms with E-state index in [1.165, 1.54) is 17.7 Å². The van der Waals surface area contributed by atoms with Crippen LogP contribution in [0, 0.1) is 17.8 Å². The minimum atomic E-state index is -0.680. The average Bonchev–Trinajstić information content (AvgIpc) is 3.47. The lowest BCUT2D eigenvalue weighted by molar-refractivity contribution is -0.134. The van der Waals surface area contributed by atoms with Crippen molar-refractivity contribution in [2.45, 2.75) is 63.8 Å². The number of likely N-dealkylation sites (tertiary alicyclic amines) is 1. The summed E-state index contributed by atoms with van der Waals surface area (Å²) < 4.78 is 0.